The highest BCUT2D eigenvalue weighted by atomic mass is 32.1. The molecule has 1 aromatic heterocycles. The van der Waals surface area contributed by atoms with Crippen LogP contribution in [0.25, 0.3) is 10.6 Å². The van der Waals surface area contributed by atoms with Crippen molar-refractivity contribution >= 4 is 17.3 Å². The first kappa shape index (κ1) is 11.7. The van der Waals surface area contributed by atoms with Crippen molar-refractivity contribution in [2.75, 3.05) is 6.61 Å². The number of nitrogens with zero attached hydrogens (tertiary/aromatic N) is 2. The van der Waals surface area contributed by atoms with Gasteiger partial charge in [0.15, 0.2) is 0 Å². The van der Waals surface area contributed by atoms with Gasteiger partial charge in [-0.3, -0.25) is 0 Å². The first-order valence-electron chi connectivity index (χ1n) is 4.97. The first-order valence-corrected chi connectivity index (χ1v) is 5.79. The van der Waals surface area contributed by atoms with E-state index in [1.165, 1.54) is 12.1 Å². The Morgan fingerprint density at radius 3 is 3.00 bits per heavy atom. The van der Waals surface area contributed by atoms with Gasteiger partial charge in [0.2, 0.25) is 5.01 Å². The minimum atomic E-state index is -0.507. The number of carbonyl (C=O) groups excluding carboxylic acids is 1. The zero-order valence-corrected chi connectivity index (χ0v) is 9.83. The summed E-state index contributed by atoms with van der Waals surface area (Å²) in [5.74, 6) is -0.858. The number of aromatic nitrogens is 2. The Morgan fingerprint density at radius 1 is 1.47 bits per heavy atom. The largest absolute Gasteiger partial charge is 0.461 e. The van der Waals surface area contributed by atoms with Gasteiger partial charge in [-0.25, -0.2) is 9.18 Å². The Hall–Kier alpha value is -1.82. The van der Waals surface area contributed by atoms with Gasteiger partial charge in [0.05, 0.1) is 6.61 Å². The van der Waals surface area contributed by atoms with Crippen molar-refractivity contribution in [2.45, 2.75) is 6.92 Å². The molecule has 4 nitrogen and oxygen atoms in total. The maximum Gasteiger partial charge on any atom is 0.369 e. The van der Waals surface area contributed by atoms with Crippen LogP contribution in [0.3, 0.4) is 0 Å². The Morgan fingerprint density at radius 2 is 2.29 bits per heavy atom. The van der Waals surface area contributed by atoms with E-state index in [9.17, 15) is 9.18 Å². The SMILES string of the molecule is CCOC(=O)c1nnc(-c2cccc(F)c2)s1. The van der Waals surface area contributed by atoms with Crippen LogP contribution in [0.1, 0.15) is 16.7 Å². The number of hydrogen-bond acceptors (Lipinski definition) is 5. The van der Waals surface area contributed by atoms with Crippen molar-refractivity contribution in [3.63, 3.8) is 0 Å². The zero-order valence-electron chi connectivity index (χ0n) is 9.01. The van der Waals surface area contributed by atoms with E-state index in [1.54, 1.807) is 19.1 Å². The molecule has 0 spiro atoms. The van der Waals surface area contributed by atoms with Gasteiger partial charge in [-0.05, 0) is 19.1 Å². The summed E-state index contributed by atoms with van der Waals surface area (Å²) in [5.41, 5.74) is 0.595. The zero-order chi connectivity index (χ0) is 12.3. The molecule has 0 fully saturated rings. The van der Waals surface area contributed by atoms with Gasteiger partial charge in [-0.15, -0.1) is 10.2 Å². The molecule has 2 rings (SSSR count). The standard InChI is InChI=1S/C11H9FN2O2S/c1-2-16-11(15)10-14-13-9(17-10)7-4-3-5-8(12)6-7/h3-6H,2H2,1H3. The Labute approximate surface area is 101 Å². The number of carbonyl (C=O) groups is 1. The lowest BCUT2D eigenvalue weighted by atomic mass is 10.2. The molecular weight excluding hydrogens is 243 g/mol. The van der Waals surface area contributed by atoms with Crippen LogP contribution in [0.15, 0.2) is 24.3 Å². The van der Waals surface area contributed by atoms with Gasteiger partial charge in [-0.1, -0.05) is 23.5 Å². The quantitative estimate of drug-likeness (QED) is 0.788. The average molecular weight is 252 g/mol. The van der Waals surface area contributed by atoms with Crippen molar-refractivity contribution < 1.29 is 13.9 Å². The van der Waals surface area contributed by atoms with Crippen LogP contribution >= 0.6 is 11.3 Å². The van der Waals surface area contributed by atoms with Gasteiger partial charge in [0.25, 0.3) is 0 Å². The fourth-order valence-corrected chi connectivity index (χ4v) is 1.97. The second-order valence-corrected chi connectivity index (χ2v) is 4.12. The summed E-state index contributed by atoms with van der Waals surface area (Å²) in [7, 11) is 0. The summed E-state index contributed by atoms with van der Waals surface area (Å²) < 4.78 is 17.8. The molecule has 0 radical (unpaired) electrons. The van der Waals surface area contributed by atoms with E-state index in [-0.39, 0.29) is 17.4 Å². The molecule has 6 heteroatoms. The third kappa shape index (κ3) is 2.65. The molecule has 17 heavy (non-hydrogen) atoms. The molecule has 2 aromatic rings. The molecule has 0 unspecified atom stereocenters. The minimum Gasteiger partial charge on any atom is -0.461 e. The topological polar surface area (TPSA) is 52.1 Å². The third-order valence-electron chi connectivity index (χ3n) is 1.95. The van der Waals surface area contributed by atoms with Crippen LogP contribution in [0.2, 0.25) is 0 Å². The molecule has 88 valence electrons. The molecule has 0 saturated carbocycles. The molecule has 0 N–H and O–H groups in total. The number of benzene rings is 1. The molecule has 0 aliphatic heterocycles. The lowest BCUT2D eigenvalue weighted by Crippen LogP contribution is -2.03. The van der Waals surface area contributed by atoms with Crippen LogP contribution in [0.5, 0.6) is 0 Å². The molecule has 0 bridgehead atoms. The normalized spacial score (nSPS) is 10.2. The summed E-state index contributed by atoms with van der Waals surface area (Å²) >= 11 is 1.08. The molecular formula is C11H9FN2O2S. The van der Waals surface area contributed by atoms with E-state index >= 15 is 0 Å². The van der Waals surface area contributed by atoms with Crippen LogP contribution in [0, 0.1) is 5.82 Å². The van der Waals surface area contributed by atoms with Crippen molar-refractivity contribution in [3.8, 4) is 10.6 Å². The maximum atomic E-state index is 13.0. The van der Waals surface area contributed by atoms with Crippen LogP contribution < -0.4 is 0 Å². The molecule has 0 atom stereocenters. The number of esters is 1. The summed E-state index contributed by atoms with van der Waals surface area (Å²) in [6, 6.07) is 5.97. The van der Waals surface area contributed by atoms with Crippen molar-refractivity contribution in [1.82, 2.24) is 10.2 Å². The highest BCUT2D eigenvalue weighted by molar-refractivity contribution is 7.16. The van der Waals surface area contributed by atoms with E-state index in [2.05, 4.69) is 10.2 Å². The maximum absolute atomic E-state index is 13.0. The van der Waals surface area contributed by atoms with Crippen LogP contribution in [0.4, 0.5) is 4.39 Å². The number of ether oxygens (including phenoxy) is 1. The number of hydrogen-bond donors (Lipinski definition) is 0. The van der Waals surface area contributed by atoms with Gasteiger partial charge < -0.3 is 4.74 Å². The van der Waals surface area contributed by atoms with Gasteiger partial charge in [0.1, 0.15) is 10.8 Å². The molecule has 0 saturated heterocycles. The van der Waals surface area contributed by atoms with Gasteiger partial charge in [-0.2, -0.15) is 0 Å². The highest BCUT2D eigenvalue weighted by Crippen LogP contribution is 2.24. The van der Waals surface area contributed by atoms with Crippen LogP contribution in [-0.4, -0.2) is 22.8 Å². The second kappa shape index (κ2) is 5.01. The van der Waals surface area contributed by atoms with Crippen molar-refractivity contribution in [1.29, 1.82) is 0 Å². The Balaban J connectivity index is 2.27. The fraction of sp³-hybridized carbons (Fsp3) is 0.182. The molecule has 0 amide bonds. The third-order valence-corrected chi connectivity index (χ3v) is 2.90. The van der Waals surface area contributed by atoms with Gasteiger partial charge in [0, 0.05) is 5.56 Å². The van der Waals surface area contributed by atoms with E-state index < -0.39 is 5.97 Å². The summed E-state index contributed by atoms with van der Waals surface area (Å²) in [6.07, 6.45) is 0. The molecule has 0 aliphatic carbocycles. The Kier molecular flexibility index (Phi) is 3.43. The molecule has 1 aromatic carbocycles. The lowest BCUT2D eigenvalue weighted by molar-refractivity contribution is 0.0525. The second-order valence-electron chi connectivity index (χ2n) is 3.14. The summed E-state index contributed by atoms with van der Waals surface area (Å²) in [6.45, 7) is 2.00. The highest BCUT2D eigenvalue weighted by Gasteiger charge is 2.14. The van der Waals surface area contributed by atoms with E-state index in [1.807, 2.05) is 0 Å². The first-order chi connectivity index (χ1) is 8.20. The lowest BCUT2D eigenvalue weighted by Gasteiger charge is -1.95. The predicted molar refractivity (Wildman–Crippen MR) is 61.3 cm³/mol. The predicted octanol–water partition coefficient (Wildman–Crippen LogP) is 2.52. The summed E-state index contributed by atoms with van der Waals surface area (Å²) in [5, 5.41) is 8.21. The van der Waals surface area contributed by atoms with Crippen LogP contribution in [-0.2, 0) is 4.74 Å². The van der Waals surface area contributed by atoms with E-state index in [4.69, 9.17) is 4.74 Å². The number of halogens is 1. The Bertz CT molecular complexity index is 542. The monoisotopic (exact) mass is 252 g/mol. The molecule has 0 aliphatic rings. The number of rotatable bonds is 3. The average Bonchev–Trinajstić information content (AvgIpc) is 2.78. The smallest absolute Gasteiger partial charge is 0.369 e. The fourth-order valence-electron chi connectivity index (χ4n) is 1.24. The van der Waals surface area contributed by atoms with E-state index in [0.717, 1.165) is 11.3 Å². The summed E-state index contributed by atoms with van der Waals surface area (Å²) in [4.78, 5) is 11.4. The van der Waals surface area contributed by atoms with Gasteiger partial charge >= 0.3 is 5.97 Å². The van der Waals surface area contributed by atoms with E-state index in [0.29, 0.717) is 10.6 Å². The van der Waals surface area contributed by atoms with Crippen molar-refractivity contribution in [2.24, 2.45) is 0 Å². The van der Waals surface area contributed by atoms with Crippen molar-refractivity contribution in [3.05, 3.63) is 35.1 Å². The molecule has 1 heterocycles. The minimum absolute atomic E-state index is 0.172.